The van der Waals surface area contributed by atoms with E-state index in [0.717, 1.165) is 0 Å². The maximum absolute atomic E-state index is 13.1. The van der Waals surface area contributed by atoms with Gasteiger partial charge in [0.05, 0.1) is 5.56 Å². The first-order valence-electron chi connectivity index (χ1n) is 6.22. The Morgan fingerprint density at radius 1 is 1.10 bits per heavy atom. The molecule has 0 amide bonds. The molecule has 106 valence electrons. The van der Waals surface area contributed by atoms with Gasteiger partial charge in [-0.2, -0.15) is 4.98 Å². The predicted octanol–water partition coefficient (Wildman–Crippen LogP) is 2.88. The molecule has 5 nitrogen and oxygen atoms in total. The second-order valence-corrected chi connectivity index (χ2v) is 4.50. The third-order valence-electron chi connectivity index (χ3n) is 2.96. The van der Waals surface area contributed by atoms with Crippen LogP contribution in [0.1, 0.15) is 11.4 Å². The van der Waals surface area contributed by atoms with E-state index >= 15 is 0 Å². The van der Waals surface area contributed by atoms with Gasteiger partial charge in [0.15, 0.2) is 17.3 Å². The van der Waals surface area contributed by atoms with Gasteiger partial charge >= 0.3 is 0 Å². The maximum Gasteiger partial charge on any atom is 0.261 e. The van der Waals surface area contributed by atoms with Crippen molar-refractivity contribution in [3.8, 4) is 23.0 Å². The molecule has 1 aromatic heterocycles. The largest absolute Gasteiger partial charge is 0.504 e. The van der Waals surface area contributed by atoms with Crippen LogP contribution in [-0.4, -0.2) is 20.4 Å². The van der Waals surface area contributed by atoms with E-state index in [0.29, 0.717) is 17.8 Å². The Morgan fingerprint density at radius 3 is 2.71 bits per heavy atom. The van der Waals surface area contributed by atoms with E-state index in [-0.39, 0.29) is 28.8 Å². The van der Waals surface area contributed by atoms with Gasteiger partial charge in [0.1, 0.15) is 5.82 Å². The molecular formula is C15H11FN2O3. The summed E-state index contributed by atoms with van der Waals surface area (Å²) in [5.41, 5.74) is 0.954. The Hall–Kier alpha value is -2.89. The normalized spacial score (nSPS) is 10.7. The van der Waals surface area contributed by atoms with E-state index < -0.39 is 0 Å². The van der Waals surface area contributed by atoms with Crippen molar-refractivity contribution in [2.75, 3.05) is 0 Å². The van der Waals surface area contributed by atoms with Crippen LogP contribution < -0.4 is 0 Å². The molecule has 0 fully saturated rings. The number of aromatic hydroxyl groups is 2. The molecule has 0 aliphatic carbocycles. The number of phenolic OH excluding ortho intramolecular Hbond substituents is 2. The summed E-state index contributed by atoms with van der Waals surface area (Å²) < 4.78 is 18.2. The number of aromatic nitrogens is 2. The molecule has 0 atom stereocenters. The van der Waals surface area contributed by atoms with Crippen LogP contribution in [-0.2, 0) is 6.42 Å². The number of nitrogens with zero attached hydrogens (tertiary/aromatic N) is 2. The van der Waals surface area contributed by atoms with Crippen LogP contribution in [0.25, 0.3) is 11.5 Å². The Labute approximate surface area is 119 Å². The van der Waals surface area contributed by atoms with Crippen molar-refractivity contribution >= 4 is 0 Å². The monoisotopic (exact) mass is 286 g/mol. The van der Waals surface area contributed by atoms with E-state index in [1.54, 1.807) is 24.3 Å². The Balaban J connectivity index is 1.88. The number of para-hydroxylation sites is 1. The highest BCUT2D eigenvalue weighted by Gasteiger charge is 2.15. The molecule has 0 saturated carbocycles. The molecule has 6 heteroatoms. The molecule has 0 unspecified atom stereocenters. The minimum Gasteiger partial charge on any atom is -0.504 e. The lowest BCUT2D eigenvalue weighted by Gasteiger charge is -2.00. The van der Waals surface area contributed by atoms with Crippen molar-refractivity contribution in [1.82, 2.24) is 10.1 Å². The van der Waals surface area contributed by atoms with Crippen LogP contribution in [0.4, 0.5) is 4.39 Å². The zero-order valence-corrected chi connectivity index (χ0v) is 10.8. The minimum absolute atomic E-state index is 0.0924. The van der Waals surface area contributed by atoms with Crippen molar-refractivity contribution in [2.45, 2.75) is 6.42 Å². The predicted molar refractivity (Wildman–Crippen MR) is 72.3 cm³/mol. The number of halogens is 1. The lowest BCUT2D eigenvalue weighted by molar-refractivity contribution is 0.396. The summed E-state index contributed by atoms with van der Waals surface area (Å²) in [4.78, 5) is 4.14. The van der Waals surface area contributed by atoms with Gasteiger partial charge in [-0.25, -0.2) is 4.39 Å². The molecule has 1 heterocycles. The van der Waals surface area contributed by atoms with Gasteiger partial charge in [-0.3, -0.25) is 0 Å². The Morgan fingerprint density at radius 2 is 1.90 bits per heavy atom. The summed E-state index contributed by atoms with van der Waals surface area (Å²) in [6, 6.07) is 10.6. The average Bonchev–Trinajstić information content (AvgIpc) is 2.90. The smallest absolute Gasteiger partial charge is 0.261 e. The molecule has 0 saturated heterocycles. The van der Waals surface area contributed by atoms with Crippen molar-refractivity contribution in [3.05, 3.63) is 59.7 Å². The fraction of sp³-hybridized carbons (Fsp3) is 0.0667. The number of hydrogen-bond acceptors (Lipinski definition) is 5. The topological polar surface area (TPSA) is 79.4 Å². The van der Waals surface area contributed by atoms with Crippen LogP contribution >= 0.6 is 0 Å². The molecular weight excluding hydrogens is 275 g/mol. The highest BCUT2D eigenvalue weighted by molar-refractivity contribution is 5.66. The lowest BCUT2D eigenvalue weighted by Crippen LogP contribution is -1.91. The molecule has 2 N–H and O–H groups in total. The zero-order chi connectivity index (χ0) is 14.8. The van der Waals surface area contributed by atoms with Crippen molar-refractivity contribution in [2.24, 2.45) is 0 Å². The molecule has 0 spiro atoms. The summed E-state index contributed by atoms with van der Waals surface area (Å²) in [5, 5.41) is 23.0. The van der Waals surface area contributed by atoms with Crippen LogP contribution in [0.15, 0.2) is 47.0 Å². The molecule has 0 bridgehead atoms. The van der Waals surface area contributed by atoms with Gasteiger partial charge in [0.2, 0.25) is 0 Å². The highest BCUT2D eigenvalue weighted by atomic mass is 19.1. The third kappa shape index (κ3) is 2.69. The van der Waals surface area contributed by atoms with Gasteiger partial charge in [-0.1, -0.05) is 23.4 Å². The molecule has 0 aliphatic heterocycles. The van der Waals surface area contributed by atoms with Crippen molar-refractivity contribution < 1.29 is 19.1 Å². The standard InChI is InChI=1S/C15H11FN2O3/c16-10-4-1-3-9(7-10)8-13-17-15(21-18-13)11-5-2-6-12(19)14(11)20/h1-7,19-20H,8H2. The summed E-state index contributed by atoms with van der Waals surface area (Å²) in [6.45, 7) is 0. The van der Waals surface area contributed by atoms with Crippen molar-refractivity contribution in [3.63, 3.8) is 0 Å². The second-order valence-electron chi connectivity index (χ2n) is 4.50. The fourth-order valence-corrected chi connectivity index (χ4v) is 1.97. The summed E-state index contributed by atoms with van der Waals surface area (Å²) in [7, 11) is 0. The third-order valence-corrected chi connectivity index (χ3v) is 2.96. The van der Waals surface area contributed by atoms with Crippen LogP contribution in [0, 0.1) is 5.82 Å². The second kappa shape index (κ2) is 5.24. The first-order valence-corrected chi connectivity index (χ1v) is 6.22. The Kier molecular flexibility index (Phi) is 3.27. The van der Waals surface area contributed by atoms with E-state index in [1.807, 2.05) is 0 Å². The molecule has 0 radical (unpaired) electrons. The molecule has 3 rings (SSSR count). The van der Waals surface area contributed by atoms with Gasteiger partial charge < -0.3 is 14.7 Å². The summed E-state index contributed by atoms with van der Waals surface area (Å²) in [5.74, 6) is -0.467. The first kappa shape index (κ1) is 13.1. The van der Waals surface area contributed by atoms with E-state index in [9.17, 15) is 14.6 Å². The number of rotatable bonds is 3. The van der Waals surface area contributed by atoms with E-state index in [2.05, 4.69) is 10.1 Å². The zero-order valence-electron chi connectivity index (χ0n) is 10.8. The van der Waals surface area contributed by atoms with Gasteiger partial charge in [-0.15, -0.1) is 0 Å². The summed E-state index contributed by atoms with van der Waals surface area (Å²) >= 11 is 0. The molecule has 21 heavy (non-hydrogen) atoms. The van der Waals surface area contributed by atoms with Gasteiger partial charge in [0, 0.05) is 6.42 Å². The minimum atomic E-state index is -0.332. The lowest BCUT2D eigenvalue weighted by atomic mass is 10.1. The number of benzene rings is 2. The average molecular weight is 286 g/mol. The van der Waals surface area contributed by atoms with Crippen molar-refractivity contribution in [1.29, 1.82) is 0 Å². The van der Waals surface area contributed by atoms with E-state index in [1.165, 1.54) is 18.2 Å². The highest BCUT2D eigenvalue weighted by Crippen LogP contribution is 2.35. The maximum atomic E-state index is 13.1. The SMILES string of the molecule is Oc1cccc(-c2nc(Cc3cccc(F)c3)no2)c1O. The number of hydrogen-bond donors (Lipinski definition) is 2. The van der Waals surface area contributed by atoms with E-state index in [4.69, 9.17) is 4.52 Å². The van der Waals surface area contributed by atoms with Crippen LogP contribution in [0.3, 0.4) is 0 Å². The quantitative estimate of drug-likeness (QED) is 0.724. The fourth-order valence-electron chi connectivity index (χ4n) is 1.97. The Bertz CT molecular complexity index is 786. The van der Waals surface area contributed by atoms with Crippen LogP contribution in [0.5, 0.6) is 11.5 Å². The molecule has 0 aliphatic rings. The van der Waals surface area contributed by atoms with Gasteiger partial charge in [0.25, 0.3) is 5.89 Å². The van der Waals surface area contributed by atoms with Gasteiger partial charge in [-0.05, 0) is 29.8 Å². The number of phenols is 2. The molecule has 2 aromatic carbocycles. The van der Waals surface area contributed by atoms with Crippen LogP contribution in [0.2, 0.25) is 0 Å². The summed E-state index contributed by atoms with van der Waals surface area (Å²) in [6.07, 6.45) is 0.306. The first-order chi connectivity index (χ1) is 10.1. The molecule has 3 aromatic rings.